The average molecular weight is 279 g/mol. The van der Waals surface area contributed by atoms with Gasteiger partial charge in [-0.15, -0.1) is 11.3 Å². The quantitative estimate of drug-likeness (QED) is 0.894. The monoisotopic (exact) mass is 279 g/mol. The molecule has 102 valence electrons. The van der Waals surface area contributed by atoms with Crippen LogP contribution in [0, 0.1) is 0 Å². The maximum atomic E-state index is 12.3. The Kier molecular flexibility index (Phi) is 3.84. The van der Waals surface area contributed by atoms with Crippen molar-refractivity contribution in [3.8, 4) is 0 Å². The molecule has 0 saturated heterocycles. The predicted octanol–water partition coefficient (Wildman–Crippen LogP) is 1.84. The van der Waals surface area contributed by atoms with E-state index >= 15 is 0 Å². The van der Waals surface area contributed by atoms with E-state index < -0.39 is 0 Å². The molecule has 2 aromatic heterocycles. The third-order valence-corrected chi connectivity index (χ3v) is 3.48. The van der Waals surface area contributed by atoms with Gasteiger partial charge in [-0.2, -0.15) is 5.10 Å². The van der Waals surface area contributed by atoms with Gasteiger partial charge < -0.3 is 10.6 Å². The lowest BCUT2D eigenvalue weighted by Crippen LogP contribution is -2.27. The number of anilines is 1. The minimum atomic E-state index is -0.200. The summed E-state index contributed by atoms with van der Waals surface area (Å²) in [6.07, 6.45) is 0. The van der Waals surface area contributed by atoms with Crippen molar-refractivity contribution in [3.05, 3.63) is 28.0 Å². The highest BCUT2D eigenvalue weighted by Gasteiger charge is 2.22. The maximum absolute atomic E-state index is 12.3. The maximum Gasteiger partial charge on any atom is 0.276 e. The molecular weight excluding hydrogens is 262 g/mol. The zero-order valence-corrected chi connectivity index (χ0v) is 12.0. The van der Waals surface area contributed by atoms with Crippen LogP contribution in [-0.2, 0) is 6.54 Å². The number of hydrogen-bond donors (Lipinski definition) is 2. The Balaban J connectivity index is 2.15. The SMILES string of the molecule is CC(C)c1[nH]nc(C(=O)N(C)Cc2cscn2)c1N. The van der Waals surface area contributed by atoms with Gasteiger partial charge in [0.1, 0.15) is 0 Å². The first-order valence-corrected chi connectivity index (χ1v) is 6.91. The molecule has 7 heteroatoms. The minimum Gasteiger partial charge on any atom is -0.395 e. The molecule has 0 aliphatic rings. The van der Waals surface area contributed by atoms with Gasteiger partial charge in [0.15, 0.2) is 5.69 Å². The second-order valence-corrected chi connectivity index (χ2v) is 5.41. The molecule has 0 saturated carbocycles. The van der Waals surface area contributed by atoms with Crippen LogP contribution in [0.5, 0.6) is 0 Å². The standard InChI is InChI=1S/C12H17N5OS/c1-7(2)10-9(13)11(16-15-10)12(18)17(3)4-8-5-19-6-14-8/h5-7H,4,13H2,1-3H3,(H,15,16). The first-order chi connectivity index (χ1) is 9.00. The molecule has 2 heterocycles. The van der Waals surface area contributed by atoms with Crippen molar-refractivity contribution < 1.29 is 4.79 Å². The highest BCUT2D eigenvalue weighted by Crippen LogP contribution is 2.23. The second-order valence-electron chi connectivity index (χ2n) is 4.70. The van der Waals surface area contributed by atoms with E-state index in [4.69, 9.17) is 5.73 Å². The van der Waals surface area contributed by atoms with E-state index in [1.807, 2.05) is 19.2 Å². The molecule has 2 rings (SSSR count). The van der Waals surface area contributed by atoms with E-state index in [0.29, 0.717) is 12.2 Å². The van der Waals surface area contributed by atoms with Gasteiger partial charge in [0.25, 0.3) is 5.91 Å². The number of carbonyl (C=O) groups excluding carboxylic acids is 1. The Labute approximate surface area is 115 Å². The number of H-pyrrole nitrogens is 1. The number of rotatable bonds is 4. The summed E-state index contributed by atoms with van der Waals surface area (Å²) in [6.45, 7) is 4.44. The Hall–Kier alpha value is -1.89. The molecule has 0 fully saturated rings. The second kappa shape index (κ2) is 5.40. The number of nitrogen functional groups attached to an aromatic ring is 1. The van der Waals surface area contributed by atoms with E-state index in [1.165, 1.54) is 11.3 Å². The number of nitrogens with one attached hydrogen (secondary N) is 1. The van der Waals surface area contributed by atoms with Gasteiger partial charge in [-0.3, -0.25) is 9.89 Å². The van der Waals surface area contributed by atoms with Crippen LogP contribution in [-0.4, -0.2) is 33.0 Å². The van der Waals surface area contributed by atoms with Crippen molar-refractivity contribution >= 4 is 22.9 Å². The van der Waals surface area contributed by atoms with Gasteiger partial charge in [-0.25, -0.2) is 4.98 Å². The lowest BCUT2D eigenvalue weighted by Gasteiger charge is -2.14. The van der Waals surface area contributed by atoms with Crippen LogP contribution in [0.4, 0.5) is 5.69 Å². The van der Waals surface area contributed by atoms with Crippen molar-refractivity contribution in [2.75, 3.05) is 12.8 Å². The first kappa shape index (κ1) is 13.5. The van der Waals surface area contributed by atoms with E-state index in [0.717, 1.165) is 11.4 Å². The summed E-state index contributed by atoms with van der Waals surface area (Å²) in [7, 11) is 1.71. The average Bonchev–Trinajstić information content (AvgIpc) is 2.97. The molecule has 0 aromatic carbocycles. The molecule has 0 bridgehead atoms. The zero-order chi connectivity index (χ0) is 14.0. The fraction of sp³-hybridized carbons (Fsp3) is 0.417. The van der Waals surface area contributed by atoms with Gasteiger partial charge in [-0.05, 0) is 5.92 Å². The normalized spacial score (nSPS) is 10.9. The van der Waals surface area contributed by atoms with Crippen LogP contribution < -0.4 is 5.73 Å². The van der Waals surface area contributed by atoms with Gasteiger partial charge in [0.05, 0.1) is 29.1 Å². The lowest BCUT2D eigenvalue weighted by molar-refractivity contribution is 0.0779. The van der Waals surface area contributed by atoms with Crippen LogP contribution in [0.15, 0.2) is 10.9 Å². The molecule has 2 aromatic rings. The predicted molar refractivity (Wildman–Crippen MR) is 75.0 cm³/mol. The third kappa shape index (κ3) is 2.76. The summed E-state index contributed by atoms with van der Waals surface area (Å²) in [5.74, 6) is 0.00606. The van der Waals surface area contributed by atoms with Gasteiger partial charge in [-0.1, -0.05) is 13.8 Å². The summed E-state index contributed by atoms with van der Waals surface area (Å²) >= 11 is 1.50. The highest BCUT2D eigenvalue weighted by molar-refractivity contribution is 7.07. The number of aromatic nitrogens is 3. The van der Waals surface area contributed by atoms with Gasteiger partial charge >= 0.3 is 0 Å². The van der Waals surface area contributed by atoms with Crippen LogP contribution in [0.2, 0.25) is 0 Å². The topological polar surface area (TPSA) is 87.9 Å². The van der Waals surface area contributed by atoms with E-state index in [1.54, 1.807) is 17.5 Å². The van der Waals surface area contributed by atoms with Crippen LogP contribution in [0.1, 0.15) is 41.6 Å². The summed E-state index contributed by atoms with van der Waals surface area (Å²) in [4.78, 5) is 18.0. The molecule has 0 unspecified atom stereocenters. The number of amides is 1. The number of nitrogens with zero attached hydrogens (tertiary/aromatic N) is 3. The van der Waals surface area contributed by atoms with Crippen LogP contribution >= 0.6 is 11.3 Å². The number of thiazole rings is 1. The lowest BCUT2D eigenvalue weighted by atomic mass is 10.1. The molecule has 1 amide bonds. The number of hydrogen-bond acceptors (Lipinski definition) is 5. The summed E-state index contributed by atoms with van der Waals surface area (Å²) in [6, 6.07) is 0. The number of aromatic amines is 1. The Bertz CT molecular complexity index is 561. The van der Waals surface area contributed by atoms with Crippen molar-refractivity contribution in [1.29, 1.82) is 0 Å². The highest BCUT2D eigenvalue weighted by atomic mass is 32.1. The van der Waals surface area contributed by atoms with E-state index in [2.05, 4.69) is 15.2 Å². The molecular formula is C12H17N5OS. The van der Waals surface area contributed by atoms with Gasteiger partial charge in [0, 0.05) is 12.4 Å². The largest absolute Gasteiger partial charge is 0.395 e. The number of carbonyl (C=O) groups is 1. The molecule has 0 radical (unpaired) electrons. The van der Waals surface area contributed by atoms with Crippen LogP contribution in [0.25, 0.3) is 0 Å². The Morgan fingerprint density at radius 2 is 2.32 bits per heavy atom. The third-order valence-electron chi connectivity index (χ3n) is 2.84. The molecule has 6 nitrogen and oxygen atoms in total. The molecule has 0 aliphatic heterocycles. The first-order valence-electron chi connectivity index (χ1n) is 5.97. The van der Waals surface area contributed by atoms with Gasteiger partial charge in [0.2, 0.25) is 0 Å². The summed E-state index contributed by atoms with van der Waals surface area (Å²) in [5.41, 5.74) is 10.1. The molecule has 0 spiro atoms. The zero-order valence-electron chi connectivity index (χ0n) is 11.2. The van der Waals surface area contributed by atoms with Crippen molar-refractivity contribution in [2.24, 2.45) is 0 Å². The van der Waals surface area contributed by atoms with E-state index in [9.17, 15) is 4.79 Å². The van der Waals surface area contributed by atoms with Crippen LogP contribution in [0.3, 0.4) is 0 Å². The number of nitrogens with two attached hydrogens (primary N) is 1. The molecule has 19 heavy (non-hydrogen) atoms. The molecule has 3 N–H and O–H groups in total. The Morgan fingerprint density at radius 3 is 2.84 bits per heavy atom. The smallest absolute Gasteiger partial charge is 0.276 e. The van der Waals surface area contributed by atoms with Crippen molar-refractivity contribution in [2.45, 2.75) is 26.3 Å². The molecule has 0 atom stereocenters. The summed E-state index contributed by atoms with van der Waals surface area (Å²) < 4.78 is 0. The Morgan fingerprint density at radius 1 is 1.58 bits per heavy atom. The summed E-state index contributed by atoms with van der Waals surface area (Å²) in [5, 5.41) is 8.77. The fourth-order valence-electron chi connectivity index (χ4n) is 1.78. The minimum absolute atomic E-state index is 0.200. The van der Waals surface area contributed by atoms with E-state index in [-0.39, 0.29) is 17.5 Å². The molecule has 0 aliphatic carbocycles. The fourth-order valence-corrected chi connectivity index (χ4v) is 2.33. The van der Waals surface area contributed by atoms with Crippen molar-refractivity contribution in [3.63, 3.8) is 0 Å². The van der Waals surface area contributed by atoms with Crippen molar-refractivity contribution in [1.82, 2.24) is 20.1 Å².